The van der Waals surface area contributed by atoms with Crippen molar-refractivity contribution in [3.63, 3.8) is 0 Å². The predicted molar refractivity (Wildman–Crippen MR) is 137 cm³/mol. The molecule has 0 aliphatic carbocycles. The summed E-state index contributed by atoms with van der Waals surface area (Å²) in [5.74, 6) is -2.93. The number of rotatable bonds is 3. The van der Waals surface area contributed by atoms with Crippen LogP contribution >= 0.6 is 0 Å². The molecule has 0 saturated carbocycles. The van der Waals surface area contributed by atoms with Gasteiger partial charge < -0.3 is 26.6 Å². The lowest BCUT2D eigenvalue weighted by Crippen LogP contribution is -3.00. The second kappa shape index (κ2) is 9.18. The van der Waals surface area contributed by atoms with Crippen LogP contribution in [-0.4, -0.2) is 67.0 Å². The Morgan fingerprint density at radius 1 is 0.897 bits per heavy atom. The topological polar surface area (TPSA) is 104 Å². The van der Waals surface area contributed by atoms with Crippen molar-refractivity contribution < 1.29 is 45.7 Å². The molecule has 0 aromatic heterocycles. The second-order valence-corrected chi connectivity index (χ2v) is 10.5. The van der Waals surface area contributed by atoms with Crippen molar-refractivity contribution in [1.82, 2.24) is 5.06 Å². The molecule has 1 fully saturated rings. The number of carbonyl (C=O) groups excluding carboxylic acids is 5. The summed E-state index contributed by atoms with van der Waals surface area (Å²) in [6.07, 6.45) is -0.0110. The average Bonchev–Trinajstić information content (AvgIpc) is 3.18. The van der Waals surface area contributed by atoms with Crippen molar-refractivity contribution in [2.75, 3.05) is 37.6 Å². The summed E-state index contributed by atoms with van der Waals surface area (Å²) in [5.41, 5.74) is 3.32. The Morgan fingerprint density at radius 2 is 1.54 bits per heavy atom. The highest BCUT2D eigenvalue weighted by atomic mass is 35.5. The Morgan fingerprint density at radius 3 is 2.21 bits per heavy atom. The lowest BCUT2D eigenvalue weighted by atomic mass is 9.89. The molecule has 0 N–H and O–H groups in total. The maximum atomic E-state index is 13.8. The molecule has 4 amide bonds. The smallest absolute Gasteiger partial charge is 0.363 e. The highest BCUT2D eigenvalue weighted by Gasteiger charge is 2.38. The maximum absolute atomic E-state index is 13.8. The van der Waals surface area contributed by atoms with Gasteiger partial charge in [-0.2, -0.15) is 0 Å². The van der Waals surface area contributed by atoms with E-state index in [1.807, 2.05) is 25.2 Å². The molecule has 0 spiro atoms. The normalized spacial score (nSPS) is 17.9. The molecule has 3 aromatic carbocycles. The number of halogens is 1. The van der Waals surface area contributed by atoms with Crippen molar-refractivity contribution >= 4 is 51.7 Å². The Kier molecular flexibility index (Phi) is 6.20. The van der Waals surface area contributed by atoms with Crippen LogP contribution in [-0.2, 0) is 21.0 Å². The van der Waals surface area contributed by atoms with Gasteiger partial charge in [-0.25, -0.2) is 9.69 Å². The minimum Gasteiger partial charge on any atom is -1.00 e. The number of carbonyl (C=O) groups is 5. The standard InChI is InChI=1S/C28H25N4O6.ClH/c1-29-15-32(2,3)14-17-13-21-24-19(25(17)29)5-4-6-20(24)26(35)30(27(21)36)18-9-7-16(8-10-18)28(37)38-31-22(33)11-12-23(31)34;/h4-10,13H,11-12,14-15H2,1-3H3;1H/q+1;/p-1. The van der Waals surface area contributed by atoms with Gasteiger partial charge in [-0.1, -0.05) is 12.1 Å². The molecule has 6 rings (SSSR count). The molecule has 0 radical (unpaired) electrons. The highest BCUT2D eigenvalue weighted by Crippen LogP contribution is 2.42. The van der Waals surface area contributed by atoms with Crippen LogP contribution in [0.3, 0.4) is 0 Å². The lowest BCUT2D eigenvalue weighted by Gasteiger charge is -2.41. The minimum absolute atomic E-state index is 0. The molecule has 200 valence electrons. The summed E-state index contributed by atoms with van der Waals surface area (Å²) in [5, 5.41) is 2.00. The monoisotopic (exact) mass is 548 g/mol. The number of nitrogens with zero attached hydrogens (tertiary/aromatic N) is 4. The largest absolute Gasteiger partial charge is 1.00 e. The summed E-state index contributed by atoms with van der Waals surface area (Å²) in [4.78, 5) is 71.6. The lowest BCUT2D eigenvalue weighted by molar-refractivity contribution is -0.904. The van der Waals surface area contributed by atoms with Gasteiger partial charge in [0.05, 0.1) is 31.0 Å². The first kappa shape index (κ1) is 26.3. The zero-order valence-electron chi connectivity index (χ0n) is 21.6. The fraction of sp³-hybridized carbons (Fsp3) is 0.250. The van der Waals surface area contributed by atoms with E-state index in [0.717, 1.165) is 39.2 Å². The fourth-order valence-corrected chi connectivity index (χ4v) is 5.71. The molecule has 1 saturated heterocycles. The fourth-order valence-electron chi connectivity index (χ4n) is 5.71. The SMILES string of the molecule is CN1C[N+](C)(C)Cc2cc3c4c(cccc4c21)C(=O)N(c1ccc(C(=O)ON2C(=O)CCC2=O)cc1)C3=O.[Cl-]. The molecule has 0 atom stereocenters. The van der Waals surface area contributed by atoms with E-state index in [9.17, 15) is 24.0 Å². The molecule has 3 aliphatic heterocycles. The number of hydroxylamine groups is 2. The van der Waals surface area contributed by atoms with Crippen LogP contribution < -0.4 is 22.2 Å². The number of hydrogen-bond acceptors (Lipinski definition) is 7. The van der Waals surface area contributed by atoms with Gasteiger partial charge in [-0.15, -0.1) is 5.06 Å². The van der Waals surface area contributed by atoms with E-state index in [4.69, 9.17) is 4.84 Å². The first-order chi connectivity index (χ1) is 18.1. The first-order valence-corrected chi connectivity index (χ1v) is 12.2. The number of benzene rings is 3. The number of hydrogen-bond donors (Lipinski definition) is 0. The zero-order valence-corrected chi connectivity index (χ0v) is 22.3. The molecule has 0 bridgehead atoms. The molecule has 11 heteroatoms. The number of imide groups is 2. The van der Waals surface area contributed by atoms with Crippen LogP contribution in [0, 0.1) is 0 Å². The van der Waals surface area contributed by atoms with Crippen LogP contribution in [0.2, 0.25) is 0 Å². The van der Waals surface area contributed by atoms with Crippen molar-refractivity contribution in [3.8, 4) is 0 Å². The predicted octanol–water partition coefficient (Wildman–Crippen LogP) is -0.151. The van der Waals surface area contributed by atoms with E-state index in [1.54, 1.807) is 6.07 Å². The maximum Gasteiger partial charge on any atom is 0.363 e. The molecule has 10 nitrogen and oxygen atoms in total. The molecular weight excluding hydrogens is 524 g/mol. The van der Waals surface area contributed by atoms with Gasteiger partial charge in [0.2, 0.25) is 0 Å². The van der Waals surface area contributed by atoms with E-state index < -0.39 is 29.6 Å². The summed E-state index contributed by atoms with van der Waals surface area (Å²) >= 11 is 0. The minimum atomic E-state index is -0.886. The van der Waals surface area contributed by atoms with E-state index >= 15 is 0 Å². The van der Waals surface area contributed by atoms with Gasteiger partial charge in [0.1, 0.15) is 6.54 Å². The average molecular weight is 549 g/mol. The van der Waals surface area contributed by atoms with Gasteiger partial charge in [0.15, 0.2) is 6.67 Å². The van der Waals surface area contributed by atoms with E-state index in [2.05, 4.69) is 19.0 Å². The van der Waals surface area contributed by atoms with E-state index in [1.165, 1.54) is 24.3 Å². The van der Waals surface area contributed by atoms with Gasteiger partial charge in [0, 0.05) is 47.4 Å². The molecule has 0 unspecified atom stereocenters. The number of amides is 4. The molecular formula is C28H25ClN4O6. The third kappa shape index (κ3) is 4.12. The van der Waals surface area contributed by atoms with Crippen LogP contribution in [0.15, 0.2) is 48.5 Å². The van der Waals surface area contributed by atoms with Gasteiger partial charge in [-0.05, 0) is 36.4 Å². The summed E-state index contributed by atoms with van der Waals surface area (Å²) < 4.78 is 0.733. The van der Waals surface area contributed by atoms with Crippen LogP contribution in [0.1, 0.15) is 49.5 Å². The van der Waals surface area contributed by atoms with Gasteiger partial charge in [0.25, 0.3) is 23.6 Å². The second-order valence-electron chi connectivity index (χ2n) is 10.5. The van der Waals surface area contributed by atoms with Crippen molar-refractivity contribution in [1.29, 1.82) is 0 Å². The number of quaternary nitrogens is 1. The quantitative estimate of drug-likeness (QED) is 0.331. The van der Waals surface area contributed by atoms with Crippen molar-refractivity contribution in [2.45, 2.75) is 19.4 Å². The van der Waals surface area contributed by atoms with E-state index in [0.29, 0.717) is 27.3 Å². The first-order valence-electron chi connectivity index (χ1n) is 12.2. The van der Waals surface area contributed by atoms with E-state index in [-0.39, 0.29) is 30.8 Å². The van der Waals surface area contributed by atoms with Gasteiger partial charge in [-0.3, -0.25) is 19.2 Å². The zero-order chi connectivity index (χ0) is 26.9. The van der Waals surface area contributed by atoms with Crippen molar-refractivity contribution in [3.05, 3.63) is 70.8 Å². The number of anilines is 2. The van der Waals surface area contributed by atoms with Crippen LogP contribution in [0.5, 0.6) is 0 Å². The molecule has 3 heterocycles. The summed E-state index contributed by atoms with van der Waals surface area (Å²) in [6, 6.07) is 13.1. The number of fused-ring (bicyclic) bond motifs is 2. The highest BCUT2D eigenvalue weighted by molar-refractivity contribution is 6.36. The third-order valence-corrected chi connectivity index (χ3v) is 7.19. The van der Waals surface area contributed by atoms with Crippen LogP contribution in [0.4, 0.5) is 11.4 Å². The molecule has 39 heavy (non-hydrogen) atoms. The summed E-state index contributed by atoms with van der Waals surface area (Å²) in [7, 11) is 6.28. The summed E-state index contributed by atoms with van der Waals surface area (Å²) in [6.45, 7) is 1.54. The van der Waals surface area contributed by atoms with Crippen LogP contribution in [0.25, 0.3) is 10.8 Å². The Hall–Kier alpha value is -4.28. The van der Waals surface area contributed by atoms with Gasteiger partial charge >= 0.3 is 5.97 Å². The Balaban J connectivity index is 0.00000308. The third-order valence-electron chi connectivity index (χ3n) is 7.19. The molecule has 3 aliphatic rings. The Labute approximate surface area is 230 Å². The molecule has 3 aromatic rings. The van der Waals surface area contributed by atoms with Crippen molar-refractivity contribution in [2.24, 2.45) is 0 Å². The Bertz CT molecular complexity index is 1580.